The van der Waals surface area contributed by atoms with Crippen LogP contribution in [0.2, 0.25) is 0 Å². The fourth-order valence-electron chi connectivity index (χ4n) is 2.45. The topological polar surface area (TPSA) is 20.2 Å². The van der Waals surface area contributed by atoms with E-state index in [-0.39, 0.29) is 6.61 Å². The second-order valence-corrected chi connectivity index (χ2v) is 5.52. The van der Waals surface area contributed by atoms with Crippen LogP contribution in [0.3, 0.4) is 0 Å². The molecular weight excluding hydrogens is 244 g/mol. The van der Waals surface area contributed by atoms with Gasteiger partial charge in [-0.1, -0.05) is 88.3 Å². The lowest BCUT2D eigenvalue weighted by Crippen LogP contribution is -1.86. The van der Waals surface area contributed by atoms with E-state index in [0.717, 1.165) is 17.5 Å². The molecule has 1 aromatic rings. The molecule has 0 aliphatic carbocycles. The van der Waals surface area contributed by atoms with Gasteiger partial charge in [-0.2, -0.15) is 0 Å². The van der Waals surface area contributed by atoms with Crippen LogP contribution in [0.4, 0.5) is 0 Å². The number of unbranched alkanes of at least 4 members (excludes halogenated alkanes) is 8. The molecular formula is C19H30O. The Morgan fingerprint density at radius 3 is 2.25 bits per heavy atom. The number of allylic oxidation sites excluding steroid dienone is 1. The molecule has 0 aliphatic heterocycles. The molecule has 1 rings (SSSR count). The van der Waals surface area contributed by atoms with Crippen molar-refractivity contribution in [1.82, 2.24) is 0 Å². The van der Waals surface area contributed by atoms with Crippen LogP contribution in [0.15, 0.2) is 30.3 Å². The predicted molar refractivity (Wildman–Crippen MR) is 88.6 cm³/mol. The van der Waals surface area contributed by atoms with E-state index in [1.807, 2.05) is 18.2 Å². The lowest BCUT2D eigenvalue weighted by molar-refractivity contribution is 0.281. The highest BCUT2D eigenvalue weighted by Gasteiger charge is 1.95. The van der Waals surface area contributed by atoms with Gasteiger partial charge < -0.3 is 5.11 Å². The number of hydrogen-bond donors (Lipinski definition) is 1. The SMILES string of the molecule is CCCCCCCCCC/C=C\c1ccccc1CO. The first kappa shape index (κ1) is 17.0. The third kappa shape index (κ3) is 7.49. The summed E-state index contributed by atoms with van der Waals surface area (Å²) in [6, 6.07) is 8.04. The van der Waals surface area contributed by atoms with Crippen LogP contribution in [-0.2, 0) is 6.61 Å². The van der Waals surface area contributed by atoms with Crippen LogP contribution >= 0.6 is 0 Å². The summed E-state index contributed by atoms with van der Waals surface area (Å²) in [5, 5.41) is 9.25. The van der Waals surface area contributed by atoms with Crippen molar-refractivity contribution in [2.75, 3.05) is 0 Å². The van der Waals surface area contributed by atoms with Crippen molar-refractivity contribution in [2.24, 2.45) is 0 Å². The number of aliphatic hydroxyl groups excluding tert-OH is 1. The summed E-state index contributed by atoms with van der Waals surface area (Å²) in [6.07, 6.45) is 16.5. The molecule has 1 nitrogen and oxygen atoms in total. The lowest BCUT2D eigenvalue weighted by atomic mass is 10.1. The van der Waals surface area contributed by atoms with E-state index in [4.69, 9.17) is 0 Å². The summed E-state index contributed by atoms with van der Waals surface area (Å²) in [4.78, 5) is 0. The van der Waals surface area contributed by atoms with E-state index in [2.05, 4.69) is 25.1 Å². The minimum Gasteiger partial charge on any atom is -0.392 e. The second kappa shape index (κ2) is 11.7. The first-order chi connectivity index (χ1) is 9.88. The zero-order chi connectivity index (χ0) is 14.5. The summed E-state index contributed by atoms with van der Waals surface area (Å²) >= 11 is 0. The van der Waals surface area contributed by atoms with Crippen LogP contribution in [0.5, 0.6) is 0 Å². The van der Waals surface area contributed by atoms with Gasteiger partial charge in [0.2, 0.25) is 0 Å². The van der Waals surface area contributed by atoms with Crippen LogP contribution in [0, 0.1) is 0 Å². The maximum absolute atomic E-state index is 9.25. The summed E-state index contributed by atoms with van der Waals surface area (Å²) in [7, 11) is 0. The minimum absolute atomic E-state index is 0.123. The van der Waals surface area contributed by atoms with E-state index < -0.39 is 0 Å². The van der Waals surface area contributed by atoms with Gasteiger partial charge in [-0.25, -0.2) is 0 Å². The maximum Gasteiger partial charge on any atom is 0.0687 e. The van der Waals surface area contributed by atoms with Crippen molar-refractivity contribution in [1.29, 1.82) is 0 Å². The Kier molecular flexibility index (Phi) is 9.95. The van der Waals surface area contributed by atoms with Crippen molar-refractivity contribution >= 4 is 6.08 Å². The summed E-state index contributed by atoms with van der Waals surface area (Å²) in [5.74, 6) is 0. The Balaban J connectivity index is 2.07. The molecule has 0 atom stereocenters. The Morgan fingerprint density at radius 1 is 0.900 bits per heavy atom. The fourth-order valence-corrected chi connectivity index (χ4v) is 2.45. The monoisotopic (exact) mass is 274 g/mol. The highest BCUT2D eigenvalue weighted by atomic mass is 16.3. The Hall–Kier alpha value is -1.08. The van der Waals surface area contributed by atoms with Crippen molar-refractivity contribution in [2.45, 2.75) is 71.3 Å². The van der Waals surface area contributed by atoms with E-state index >= 15 is 0 Å². The zero-order valence-electron chi connectivity index (χ0n) is 13.0. The van der Waals surface area contributed by atoms with Crippen LogP contribution in [0.1, 0.15) is 75.8 Å². The fraction of sp³-hybridized carbons (Fsp3) is 0.579. The average molecular weight is 274 g/mol. The molecule has 1 heteroatoms. The first-order valence-electron chi connectivity index (χ1n) is 8.23. The average Bonchev–Trinajstić information content (AvgIpc) is 2.49. The lowest BCUT2D eigenvalue weighted by Gasteiger charge is -2.02. The second-order valence-electron chi connectivity index (χ2n) is 5.52. The zero-order valence-corrected chi connectivity index (χ0v) is 13.0. The first-order valence-corrected chi connectivity index (χ1v) is 8.23. The molecule has 0 spiro atoms. The van der Waals surface area contributed by atoms with Crippen molar-refractivity contribution < 1.29 is 5.11 Å². The van der Waals surface area contributed by atoms with Gasteiger partial charge in [0, 0.05) is 0 Å². The van der Waals surface area contributed by atoms with E-state index in [1.165, 1.54) is 51.4 Å². The smallest absolute Gasteiger partial charge is 0.0687 e. The van der Waals surface area contributed by atoms with Crippen molar-refractivity contribution in [3.63, 3.8) is 0 Å². The van der Waals surface area contributed by atoms with Crippen molar-refractivity contribution in [3.8, 4) is 0 Å². The quantitative estimate of drug-likeness (QED) is 0.511. The van der Waals surface area contributed by atoms with Gasteiger partial charge in [0.25, 0.3) is 0 Å². The Morgan fingerprint density at radius 2 is 1.55 bits per heavy atom. The van der Waals surface area contributed by atoms with Gasteiger partial charge in [0.1, 0.15) is 0 Å². The predicted octanol–water partition coefficient (Wildman–Crippen LogP) is 5.72. The summed E-state index contributed by atoms with van der Waals surface area (Å²) in [6.45, 7) is 2.39. The molecule has 0 saturated heterocycles. The molecule has 1 N–H and O–H groups in total. The molecule has 0 unspecified atom stereocenters. The minimum atomic E-state index is 0.123. The van der Waals surface area contributed by atoms with Crippen molar-refractivity contribution in [3.05, 3.63) is 41.5 Å². The molecule has 112 valence electrons. The number of aliphatic hydroxyl groups is 1. The van der Waals surface area contributed by atoms with Crippen LogP contribution in [-0.4, -0.2) is 5.11 Å². The summed E-state index contributed by atoms with van der Waals surface area (Å²) < 4.78 is 0. The molecule has 0 radical (unpaired) electrons. The maximum atomic E-state index is 9.25. The Labute approximate surface area is 124 Å². The molecule has 1 aromatic carbocycles. The van der Waals surface area contributed by atoms with E-state index in [0.29, 0.717) is 0 Å². The molecule has 0 aromatic heterocycles. The van der Waals surface area contributed by atoms with Crippen LogP contribution < -0.4 is 0 Å². The molecule has 0 fully saturated rings. The molecule has 0 saturated carbocycles. The molecule has 0 amide bonds. The van der Waals surface area contributed by atoms with Gasteiger partial charge in [0.15, 0.2) is 0 Å². The normalized spacial score (nSPS) is 11.3. The standard InChI is InChI=1S/C19H30O/c1-2-3-4-5-6-7-8-9-10-11-14-18-15-12-13-16-19(18)17-20/h11-16,20H,2-10,17H2,1H3/b14-11-. The largest absolute Gasteiger partial charge is 0.392 e. The molecule has 0 aliphatic rings. The number of hydrogen-bond acceptors (Lipinski definition) is 1. The van der Waals surface area contributed by atoms with Crippen LogP contribution in [0.25, 0.3) is 6.08 Å². The number of rotatable bonds is 11. The van der Waals surface area contributed by atoms with Gasteiger partial charge in [-0.05, 0) is 24.0 Å². The third-order valence-corrected chi connectivity index (χ3v) is 3.75. The van der Waals surface area contributed by atoms with Gasteiger partial charge >= 0.3 is 0 Å². The van der Waals surface area contributed by atoms with E-state index in [9.17, 15) is 5.11 Å². The van der Waals surface area contributed by atoms with Gasteiger partial charge in [0.05, 0.1) is 6.61 Å². The highest BCUT2D eigenvalue weighted by molar-refractivity contribution is 5.53. The summed E-state index contributed by atoms with van der Waals surface area (Å²) in [5.41, 5.74) is 2.16. The molecule has 0 heterocycles. The number of benzene rings is 1. The highest BCUT2D eigenvalue weighted by Crippen LogP contribution is 2.13. The van der Waals surface area contributed by atoms with E-state index in [1.54, 1.807) is 0 Å². The third-order valence-electron chi connectivity index (χ3n) is 3.75. The Bertz CT molecular complexity index is 368. The van der Waals surface area contributed by atoms with Gasteiger partial charge in [-0.15, -0.1) is 0 Å². The molecule has 0 bridgehead atoms. The van der Waals surface area contributed by atoms with Gasteiger partial charge in [-0.3, -0.25) is 0 Å². The molecule has 20 heavy (non-hydrogen) atoms.